The van der Waals surface area contributed by atoms with Gasteiger partial charge in [-0.1, -0.05) is 31.2 Å². The van der Waals surface area contributed by atoms with Gasteiger partial charge in [-0.15, -0.1) is 10.2 Å². The number of hydrogen-bond donors (Lipinski definition) is 1. The van der Waals surface area contributed by atoms with Crippen molar-refractivity contribution in [3.8, 4) is 0 Å². The number of ether oxygens (including phenoxy) is 1. The third-order valence-electron chi connectivity index (χ3n) is 4.57. The average molecular weight is 373 g/mol. The van der Waals surface area contributed by atoms with Crippen molar-refractivity contribution in [1.29, 1.82) is 0 Å². The van der Waals surface area contributed by atoms with E-state index in [-0.39, 0.29) is 0 Å². The molecule has 27 heavy (non-hydrogen) atoms. The molecule has 7 nitrogen and oxygen atoms in total. The van der Waals surface area contributed by atoms with Crippen LogP contribution >= 0.6 is 0 Å². The van der Waals surface area contributed by atoms with Crippen molar-refractivity contribution in [2.24, 2.45) is 12.0 Å². The maximum Gasteiger partial charge on any atom is 0.194 e. The van der Waals surface area contributed by atoms with Crippen LogP contribution in [0.25, 0.3) is 0 Å². The lowest BCUT2D eigenvalue weighted by Crippen LogP contribution is -2.39. The fourth-order valence-electron chi connectivity index (χ4n) is 2.69. The number of guanidine groups is 1. The summed E-state index contributed by atoms with van der Waals surface area (Å²) in [5.41, 5.74) is 2.61. The summed E-state index contributed by atoms with van der Waals surface area (Å²) in [5.74, 6) is 2.59. The molecule has 0 radical (unpaired) electrons. The van der Waals surface area contributed by atoms with Gasteiger partial charge in [0.1, 0.15) is 12.4 Å². The van der Waals surface area contributed by atoms with Crippen LogP contribution < -0.4 is 5.32 Å². The Bertz CT molecular complexity index is 723. The minimum absolute atomic E-state index is 0.489. The standard InChI is InChI=1S/C20H32N6O/c1-6-17-8-10-18(11-9-17)15-25(3)20(21-12-7-13-27-5)22-14-19-24-23-16(2)26(19)4/h8-11H,6-7,12-15H2,1-5H3,(H,21,22). The lowest BCUT2D eigenvalue weighted by atomic mass is 10.1. The number of hydrogen-bond acceptors (Lipinski definition) is 4. The zero-order chi connectivity index (χ0) is 19.6. The molecule has 1 aromatic carbocycles. The molecule has 2 rings (SSSR count). The molecule has 0 aliphatic carbocycles. The highest BCUT2D eigenvalue weighted by Gasteiger charge is 2.09. The number of benzene rings is 1. The van der Waals surface area contributed by atoms with E-state index in [1.54, 1.807) is 7.11 Å². The first-order valence-electron chi connectivity index (χ1n) is 9.46. The van der Waals surface area contributed by atoms with Crippen LogP contribution in [-0.2, 0) is 31.3 Å². The number of methoxy groups -OCH3 is 1. The third-order valence-corrected chi connectivity index (χ3v) is 4.57. The number of aliphatic imine (C=N–C) groups is 1. The highest BCUT2D eigenvalue weighted by molar-refractivity contribution is 5.79. The predicted octanol–water partition coefficient (Wildman–Crippen LogP) is 2.30. The minimum atomic E-state index is 0.489. The van der Waals surface area contributed by atoms with Gasteiger partial charge >= 0.3 is 0 Å². The van der Waals surface area contributed by atoms with Gasteiger partial charge in [0.25, 0.3) is 0 Å². The molecule has 0 saturated heterocycles. The number of nitrogens with one attached hydrogen (secondary N) is 1. The van der Waals surface area contributed by atoms with Crippen molar-refractivity contribution in [1.82, 2.24) is 25.0 Å². The van der Waals surface area contributed by atoms with Gasteiger partial charge in [-0.2, -0.15) is 0 Å². The van der Waals surface area contributed by atoms with Gasteiger partial charge in [-0.3, -0.25) is 0 Å². The minimum Gasteiger partial charge on any atom is -0.385 e. The Morgan fingerprint density at radius 2 is 1.93 bits per heavy atom. The van der Waals surface area contributed by atoms with E-state index in [0.29, 0.717) is 6.54 Å². The van der Waals surface area contributed by atoms with Crippen molar-refractivity contribution in [3.63, 3.8) is 0 Å². The molecule has 0 atom stereocenters. The fraction of sp³-hybridized carbons (Fsp3) is 0.550. The van der Waals surface area contributed by atoms with Crippen molar-refractivity contribution >= 4 is 5.96 Å². The van der Waals surface area contributed by atoms with E-state index in [1.807, 2.05) is 18.5 Å². The van der Waals surface area contributed by atoms with Gasteiger partial charge in [0.15, 0.2) is 11.8 Å². The van der Waals surface area contributed by atoms with Gasteiger partial charge in [0.2, 0.25) is 0 Å². The topological polar surface area (TPSA) is 67.6 Å². The lowest BCUT2D eigenvalue weighted by molar-refractivity contribution is 0.195. The molecule has 0 fully saturated rings. The molecule has 0 aliphatic rings. The molecule has 7 heteroatoms. The van der Waals surface area contributed by atoms with Crippen molar-refractivity contribution in [3.05, 3.63) is 47.0 Å². The number of rotatable bonds is 9. The van der Waals surface area contributed by atoms with E-state index in [0.717, 1.165) is 50.1 Å². The summed E-state index contributed by atoms with van der Waals surface area (Å²) in [5, 5.41) is 11.7. The maximum absolute atomic E-state index is 5.13. The second-order valence-corrected chi connectivity index (χ2v) is 6.66. The van der Waals surface area contributed by atoms with E-state index in [2.05, 4.69) is 58.7 Å². The van der Waals surface area contributed by atoms with Crippen LogP contribution in [0.5, 0.6) is 0 Å². The van der Waals surface area contributed by atoms with Gasteiger partial charge in [-0.25, -0.2) is 4.99 Å². The second-order valence-electron chi connectivity index (χ2n) is 6.66. The second kappa shape index (κ2) is 10.7. The third kappa shape index (κ3) is 6.36. The SMILES string of the molecule is CCc1ccc(CN(C)C(=NCc2nnc(C)n2C)NCCCOC)cc1. The van der Waals surface area contributed by atoms with Crippen LogP contribution in [0.1, 0.15) is 36.1 Å². The zero-order valence-electron chi connectivity index (χ0n) is 17.2. The molecule has 0 saturated carbocycles. The average Bonchev–Trinajstić information content (AvgIpc) is 3.00. The monoisotopic (exact) mass is 372 g/mol. The molecule has 0 unspecified atom stereocenters. The van der Waals surface area contributed by atoms with E-state index in [9.17, 15) is 0 Å². The zero-order valence-corrected chi connectivity index (χ0v) is 17.2. The first-order chi connectivity index (χ1) is 13.0. The molecular formula is C20H32N6O. The summed E-state index contributed by atoms with van der Waals surface area (Å²) in [6, 6.07) is 8.75. The Labute approximate surface area is 162 Å². The number of aryl methyl sites for hydroxylation is 2. The molecule has 2 aromatic rings. The number of aromatic nitrogens is 3. The van der Waals surface area contributed by atoms with Crippen LogP contribution in [-0.4, -0.2) is 52.9 Å². The first-order valence-corrected chi connectivity index (χ1v) is 9.46. The summed E-state index contributed by atoms with van der Waals surface area (Å²) < 4.78 is 7.10. The highest BCUT2D eigenvalue weighted by Crippen LogP contribution is 2.08. The molecule has 1 heterocycles. The van der Waals surface area contributed by atoms with Gasteiger partial charge in [-0.05, 0) is 30.9 Å². The van der Waals surface area contributed by atoms with Crippen molar-refractivity contribution < 1.29 is 4.74 Å². The Kier molecular flexibility index (Phi) is 8.26. The van der Waals surface area contributed by atoms with E-state index >= 15 is 0 Å². The predicted molar refractivity (Wildman–Crippen MR) is 109 cm³/mol. The summed E-state index contributed by atoms with van der Waals surface area (Å²) in [6.45, 7) is 6.93. The number of nitrogens with zero attached hydrogens (tertiary/aromatic N) is 5. The van der Waals surface area contributed by atoms with Crippen LogP contribution in [0.4, 0.5) is 0 Å². The molecule has 1 N–H and O–H groups in total. The fourth-order valence-corrected chi connectivity index (χ4v) is 2.69. The van der Waals surface area contributed by atoms with Crippen LogP contribution in [0, 0.1) is 6.92 Å². The van der Waals surface area contributed by atoms with Gasteiger partial charge in [0.05, 0.1) is 0 Å². The summed E-state index contributed by atoms with van der Waals surface area (Å²) in [7, 11) is 5.74. The van der Waals surface area contributed by atoms with Crippen LogP contribution in [0.3, 0.4) is 0 Å². The quantitative estimate of drug-likeness (QED) is 0.416. The van der Waals surface area contributed by atoms with E-state index in [4.69, 9.17) is 9.73 Å². The molecule has 0 amide bonds. The van der Waals surface area contributed by atoms with E-state index in [1.165, 1.54) is 11.1 Å². The van der Waals surface area contributed by atoms with Crippen molar-refractivity contribution in [2.75, 3.05) is 27.3 Å². The van der Waals surface area contributed by atoms with E-state index < -0.39 is 0 Å². The molecule has 148 valence electrons. The van der Waals surface area contributed by atoms with Gasteiger partial charge in [0, 0.05) is 40.9 Å². The molecular weight excluding hydrogens is 340 g/mol. The summed E-state index contributed by atoms with van der Waals surface area (Å²) in [4.78, 5) is 6.90. The lowest BCUT2D eigenvalue weighted by Gasteiger charge is -2.23. The highest BCUT2D eigenvalue weighted by atomic mass is 16.5. The first kappa shape index (κ1) is 20.9. The van der Waals surface area contributed by atoms with Crippen LogP contribution in [0.2, 0.25) is 0 Å². The maximum atomic E-state index is 5.13. The Balaban J connectivity index is 2.06. The smallest absolute Gasteiger partial charge is 0.194 e. The Hall–Kier alpha value is -2.41. The summed E-state index contributed by atoms with van der Waals surface area (Å²) >= 11 is 0. The largest absolute Gasteiger partial charge is 0.385 e. The summed E-state index contributed by atoms with van der Waals surface area (Å²) in [6.07, 6.45) is 1.98. The normalized spacial score (nSPS) is 11.7. The molecule has 0 aliphatic heterocycles. The molecule has 0 bridgehead atoms. The van der Waals surface area contributed by atoms with Crippen molar-refractivity contribution in [2.45, 2.75) is 39.8 Å². The molecule has 0 spiro atoms. The molecule has 1 aromatic heterocycles. The Morgan fingerprint density at radius 3 is 2.52 bits per heavy atom. The Morgan fingerprint density at radius 1 is 1.22 bits per heavy atom. The van der Waals surface area contributed by atoms with Gasteiger partial charge < -0.3 is 19.5 Å². The van der Waals surface area contributed by atoms with Crippen LogP contribution in [0.15, 0.2) is 29.3 Å².